The molecule has 0 bridgehead atoms. The number of phenolic OH excluding ortho intramolecular Hbond substituents is 1. The van der Waals surface area contributed by atoms with E-state index in [0.29, 0.717) is 0 Å². The van der Waals surface area contributed by atoms with E-state index in [2.05, 4.69) is 0 Å². The minimum atomic E-state index is -4.91. The predicted octanol–water partition coefficient (Wildman–Crippen LogP) is 2.05. The average molecular weight is 478 g/mol. The van der Waals surface area contributed by atoms with Crippen molar-refractivity contribution in [3.63, 3.8) is 0 Å². The molecular weight excluding hydrogens is 464 g/mol. The SMILES string of the molecule is O=C1C=CC(=C(c2cccc(C(=O)O)c2)c2ccc(O)c(S(=O)(=O)O)c2)C=C1S(=O)(=O)O. The third kappa shape index (κ3) is 4.68. The highest BCUT2D eigenvalue weighted by atomic mass is 32.2. The Morgan fingerprint density at radius 2 is 1.44 bits per heavy atom. The molecule has 0 spiro atoms. The molecule has 0 amide bonds. The van der Waals surface area contributed by atoms with Gasteiger partial charge in [0.25, 0.3) is 20.2 Å². The Balaban J connectivity index is 2.42. The van der Waals surface area contributed by atoms with Crippen LogP contribution < -0.4 is 0 Å². The summed E-state index contributed by atoms with van der Waals surface area (Å²) in [5.41, 5.74) is 0.119. The summed E-state index contributed by atoms with van der Waals surface area (Å²) < 4.78 is 65.2. The van der Waals surface area contributed by atoms with Crippen molar-refractivity contribution in [3.05, 3.63) is 87.9 Å². The fourth-order valence-corrected chi connectivity index (χ4v) is 4.26. The maximum atomic E-state index is 11.9. The van der Waals surface area contributed by atoms with Crippen LogP contribution in [0.2, 0.25) is 0 Å². The zero-order valence-corrected chi connectivity index (χ0v) is 17.5. The van der Waals surface area contributed by atoms with Gasteiger partial charge in [-0.15, -0.1) is 0 Å². The van der Waals surface area contributed by atoms with Gasteiger partial charge in [0.05, 0.1) is 5.56 Å². The molecule has 32 heavy (non-hydrogen) atoms. The van der Waals surface area contributed by atoms with E-state index in [-0.39, 0.29) is 27.8 Å². The van der Waals surface area contributed by atoms with Gasteiger partial charge in [0.2, 0.25) is 0 Å². The predicted molar refractivity (Wildman–Crippen MR) is 111 cm³/mol. The first kappa shape index (κ1) is 23.1. The van der Waals surface area contributed by atoms with Gasteiger partial charge in [0.1, 0.15) is 15.6 Å². The zero-order chi connectivity index (χ0) is 23.8. The molecule has 1 aliphatic rings. The lowest BCUT2D eigenvalue weighted by Gasteiger charge is -2.16. The van der Waals surface area contributed by atoms with Crippen LogP contribution in [0.1, 0.15) is 21.5 Å². The molecule has 0 unspecified atom stereocenters. The van der Waals surface area contributed by atoms with E-state index in [1.165, 1.54) is 36.4 Å². The number of carboxylic acids is 1. The van der Waals surface area contributed by atoms with Gasteiger partial charge in [0.15, 0.2) is 5.78 Å². The molecule has 0 heterocycles. The number of carboxylic acid groups (broad SMARTS) is 1. The molecule has 166 valence electrons. The largest absolute Gasteiger partial charge is 0.506 e. The molecule has 0 aromatic heterocycles. The van der Waals surface area contributed by atoms with Crippen molar-refractivity contribution in [2.75, 3.05) is 0 Å². The van der Waals surface area contributed by atoms with E-state index in [0.717, 1.165) is 24.3 Å². The van der Waals surface area contributed by atoms with Gasteiger partial charge in [-0.2, -0.15) is 16.8 Å². The second kappa shape index (κ2) is 8.16. The molecule has 1 aliphatic carbocycles. The molecule has 4 N–H and O–H groups in total. The van der Waals surface area contributed by atoms with E-state index in [4.69, 9.17) is 0 Å². The molecular formula is C20H14O10S2. The lowest BCUT2D eigenvalue weighted by molar-refractivity contribution is -0.110. The number of ketones is 1. The number of aromatic hydroxyl groups is 1. The van der Waals surface area contributed by atoms with Gasteiger partial charge < -0.3 is 10.2 Å². The number of aromatic carboxylic acids is 1. The summed E-state index contributed by atoms with van der Waals surface area (Å²) in [6.07, 6.45) is 2.91. The topological polar surface area (TPSA) is 183 Å². The highest BCUT2D eigenvalue weighted by Gasteiger charge is 2.26. The molecule has 0 saturated carbocycles. The number of rotatable bonds is 5. The molecule has 12 heteroatoms. The lowest BCUT2D eigenvalue weighted by atomic mass is 9.90. The quantitative estimate of drug-likeness (QED) is 0.464. The van der Waals surface area contributed by atoms with E-state index in [9.17, 15) is 45.7 Å². The molecule has 2 aromatic carbocycles. The molecule has 0 fully saturated rings. The third-order valence-corrected chi connectivity index (χ3v) is 6.19. The first-order valence-electron chi connectivity index (χ1n) is 8.59. The Bertz CT molecular complexity index is 1460. The standard InChI is InChI=1S/C20H14O10S2/c21-15-6-4-12(9-17(15)31(25,26)27)19(11-2-1-3-14(8-11)20(23)24)13-5-7-16(22)18(10-13)32(28,29)30/h1-10,21H,(H,23,24)(H,25,26,27)(H,28,29,30). The second-order valence-corrected chi connectivity index (χ2v) is 9.34. The Hall–Kier alpha value is -3.58. The molecule has 3 rings (SSSR count). The van der Waals surface area contributed by atoms with Crippen molar-refractivity contribution < 1.29 is 45.7 Å². The highest BCUT2D eigenvalue weighted by molar-refractivity contribution is 7.90. The molecule has 0 atom stereocenters. The van der Waals surface area contributed by atoms with Gasteiger partial charge in [-0.05, 0) is 58.7 Å². The fourth-order valence-electron chi connectivity index (χ4n) is 3.05. The van der Waals surface area contributed by atoms with Gasteiger partial charge in [-0.1, -0.05) is 24.3 Å². The van der Waals surface area contributed by atoms with Crippen LogP contribution in [0.5, 0.6) is 5.75 Å². The van der Waals surface area contributed by atoms with E-state index in [1.807, 2.05) is 0 Å². The maximum absolute atomic E-state index is 11.9. The summed E-state index contributed by atoms with van der Waals surface area (Å²) >= 11 is 0. The molecule has 2 aromatic rings. The van der Waals surface area contributed by atoms with E-state index < -0.39 is 47.5 Å². The lowest BCUT2D eigenvalue weighted by Crippen LogP contribution is -2.14. The number of phenols is 1. The normalized spacial score (nSPS) is 15.9. The van der Waals surface area contributed by atoms with Crippen molar-refractivity contribution in [3.8, 4) is 5.75 Å². The number of hydrogen-bond acceptors (Lipinski definition) is 7. The molecule has 0 radical (unpaired) electrons. The van der Waals surface area contributed by atoms with Crippen molar-refractivity contribution in [2.24, 2.45) is 0 Å². The van der Waals surface area contributed by atoms with Crippen LogP contribution in [0.25, 0.3) is 5.57 Å². The summed E-state index contributed by atoms with van der Waals surface area (Å²) in [6, 6.07) is 8.43. The van der Waals surface area contributed by atoms with Crippen LogP contribution in [0.4, 0.5) is 0 Å². The minimum absolute atomic E-state index is 0.00624. The Kier molecular flexibility index (Phi) is 5.89. The summed E-state index contributed by atoms with van der Waals surface area (Å²) in [7, 11) is -9.77. The Morgan fingerprint density at radius 3 is 2.03 bits per heavy atom. The molecule has 0 aliphatic heterocycles. The van der Waals surface area contributed by atoms with Crippen LogP contribution in [0, 0.1) is 0 Å². The number of carbonyl (C=O) groups excluding carboxylic acids is 1. The fraction of sp³-hybridized carbons (Fsp3) is 0. The minimum Gasteiger partial charge on any atom is -0.506 e. The third-order valence-electron chi connectivity index (χ3n) is 4.43. The van der Waals surface area contributed by atoms with Gasteiger partial charge in [-0.3, -0.25) is 13.9 Å². The van der Waals surface area contributed by atoms with Gasteiger partial charge in [-0.25, -0.2) is 4.79 Å². The first-order chi connectivity index (χ1) is 14.8. The van der Waals surface area contributed by atoms with Crippen molar-refractivity contribution in [1.82, 2.24) is 0 Å². The van der Waals surface area contributed by atoms with E-state index >= 15 is 0 Å². The molecule has 10 nitrogen and oxygen atoms in total. The summed E-state index contributed by atoms with van der Waals surface area (Å²) in [5.74, 6) is -3.04. The monoisotopic (exact) mass is 478 g/mol. The van der Waals surface area contributed by atoms with Crippen molar-refractivity contribution >= 4 is 37.6 Å². The Morgan fingerprint density at radius 1 is 0.812 bits per heavy atom. The average Bonchev–Trinajstić information content (AvgIpc) is 2.69. The highest BCUT2D eigenvalue weighted by Crippen LogP contribution is 2.35. The number of carbonyl (C=O) groups is 2. The van der Waals surface area contributed by atoms with E-state index in [1.54, 1.807) is 0 Å². The summed E-state index contributed by atoms with van der Waals surface area (Å²) in [6.45, 7) is 0. The van der Waals surface area contributed by atoms with Crippen LogP contribution in [-0.2, 0) is 25.0 Å². The van der Waals surface area contributed by atoms with Crippen molar-refractivity contribution in [2.45, 2.75) is 4.90 Å². The van der Waals surface area contributed by atoms with Crippen molar-refractivity contribution in [1.29, 1.82) is 0 Å². The smallest absolute Gasteiger partial charge is 0.335 e. The first-order valence-corrected chi connectivity index (χ1v) is 11.5. The molecule has 0 saturated heterocycles. The van der Waals surface area contributed by atoms with Crippen LogP contribution in [-0.4, -0.2) is 47.9 Å². The van der Waals surface area contributed by atoms with Crippen LogP contribution >= 0.6 is 0 Å². The Labute approximate surface area is 182 Å². The van der Waals surface area contributed by atoms with Crippen LogP contribution in [0.3, 0.4) is 0 Å². The van der Waals surface area contributed by atoms with Gasteiger partial charge >= 0.3 is 5.97 Å². The maximum Gasteiger partial charge on any atom is 0.335 e. The number of allylic oxidation sites excluding steroid dienone is 5. The van der Waals surface area contributed by atoms with Crippen LogP contribution in [0.15, 0.2) is 76.1 Å². The summed E-state index contributed by atoms with van der Waals surface area (Å²) in [4.78, 5) is 21.5. The second-order valence-electron chi connectivity index (χ2n) is 6.56. The van der Waals surface area contributed by atoms with Gasteiger partial charge in [0, 0.05) is 0 Å². The number of benzene rings is 2. The zero-order valence-electron chi connectivity index (χ0n) is 15.8. The number of hydrogen-bond donors (Lipinski definition) is 4. The summed E-state index contributed by atoms with van der Waals surface area (Å²) in [5, 5.41) is 19.1.